The maximum atomic E-state index is 12.2. The third-order valence-electron chi connectivity index (χ3n) is 4.97. The molecule has 25 heavy (non-hydrogen) atoms. The molecular weight excluding hydrogens is 308 g/mol. The molecule has 0 aliphatic carbocycles. The van der Waals surface area contributed by atoms with Gasteiger partial charge in [0.15, 0.2) is 0 Å². The van der Waals surface area contributed by atoms with Gasteiger partial charge in [0.1, 0.15) is 0 Å². The molecule has 0 saturated carbocycles. The van der Waals surface area contributed by atoms with Crippen molar-refractivity contribution >= 4 is 5.91 Å². The van der Waals surface area contributed by atoms with Crippen molar-refractivity contribution in [3.63, 3.8) is 0 Å². The quantitative estimate of drug-likeness (QED) is 0.871. The zero-order chi connectivity index (χ0) is 17.6. The summed E-state index contributed by atoms with van der Waals surface area (Å²) in [6.45, 7) is 8.21. The molecule has 1 N–H and O–H groups in total. The van der Waals surface area contributed by atoms with E-state index >= 15 is 0 Å². The minimum atomic E-state index is 0.0769. The Labute approximate surface area is 151 Å². The highest BCUT2D eigenvalue weighted by Gasteiger charge is 2.11. The predicted molar refractivity (Wildman–Crippen MR) is 102 cm³/mol. The summed E-state index contributed by atoms with van der Waals surface area (Å²) < 4.78 is 0. The van der Waals surface area contributed by atoms with Crippen LogP contribution in [0.3, 0.4) is 0 Å². The molecule has 1 aliphatic rings. The molecule has 0 spiro atoms. The third kappa shape index (κ3) is 5.17. The van der Waals surface area contributed by atoms with Crippen LogP contribution in [0.2, 0.25) is 0 Å². The van der Waals surface area contributed by atoms with Crippen LogP contribution in [0.5, 0.6) is 0 Å². The Bertz CT molecular complexity index is 715. The van der Waals surface area contributed by atoms with Gasteiger partial charge < -0.3 is 5.32 Å². The summed E-state index contributed by atoms with van der Waals surface area (Å²) in [6, 6.07) is 14.9. The highest BCUT2D eigenvalue weighted by molar-refractivity contribution is 5.78. The van der Waals surface area contributed by atoms with Crippen molar-refractivity contribution in [3.8, 4) is 0 Å². The number of aryl methyl sites for hydroxylation is 2. The molecule has 0 bridgehead atoms. The van der Waals surface area contributed by atoms with Gasteiger partial charge in [0.25, 0.3) is 0 Å². The lowest BCUT2D eigenvalue weighted by molar-refractivity contribution is -0.120. The number of benzene rings is 2. The first kappa shape index (κ1) is 17.7. The number of rotatable bonds is 6. The van der Waals surface area contributed by atoms with Crippen LogP contribution in [-0.2, 0) is 24.3 Å². The summed E-state index contributed by atoms with van der Waals surface area (Å²) in [6.07, 6.45) is 3.09. The second-order valence-electron chi connectivity index (χ2n) is 7.18. The first-order chi connectivity index (χ1) is 12.1. The van der Waals surface area contributed by atoms with E-state index in [2.05, 4.69) is 66.5 Å². The van der Waals surface area contributed by atoms with Crippen molar-refractivity contribution < 1.29 is 4.79 Å². The number of nitrogens with one attached hydrogen (secondary N) is 1. The normalized spacial score (nSPS) is 14.6. The van der Waals surface area contributed by atoms with E-state index in [-0.39, 0.29) is 5.91 Å². The van der Waals surface area contributed by atoms with Crippen molar-refractivity contribution in [3.05, 3.63) is 70.3 Å². The van der Waals surface area contributed by atoms with Gasteiger partial charge in [-0.3, -0.25) is 9.69 Å². The van der Waals surface area contributed by atoms with E-state index in [9.17, 15) is 4.79 Å². The van der Waals surface area contributed by atoms with Crippen molar-refractivity contribution in [2.24, 2.45) is 0 Å². The van der Waals surface area contributed by atoms with Crippen LogP contribution in [0.15, 0.2) is 42.5 Å². The number of carbonyl (C=O) groups excluding carboxylic acids is 1. The summed E-state index contributed by atoms with van der Waals surface area (Å²) in [4.78, 5) is 14.7. The average Bonchev–Trinajstić information content (AvgIpc) is 3.10. The van der Waals surface area contributed by atoms with E-state index in [0.717, 1.165) is 17.7 Å². The molecule has 0 aromatic heterocycles. The summed E-state index contributed by atoms with van der Waals surface area (Å²) in [7, 11) is 0. The Hall–Kier alpha value is -2.13. The maximum Gasteiger partial charge on any atom is 0.224 e. The van der Waals surface area contributed by atoms with Gasteiger partial charge in [0, 0.05) is 13.1 Å². The number of likely N-dealkylation sites (tertiary alicyclic amines) is 1. The van der Waals surface area contributed by atoms with Crippen LogP contribution in [0.25, 0.3) is 0 Å². The Morgan fingerprint density at radius 2 is 1.68 bits per heavy atom. The zero-order valence-corrected chi connectivity index (χ0v) is 15.3. The minimum Gasteiger partial charge on any atom is -0.352 e. The topological polar surface area (TPSA) is 32.3 Å². The minimum absolute atomic E-state index is 0.0769. The number of carbonyl (C=O) groups is 1. The van der Waals surface area contributed by atoms with Gasteiger partial charge in [0.2, 0.25) is 5.91 Å². The van der Waals surface area contributed by atoms with E-state index in [1.54, 1.807) is 0 Å². The summed E-state index contributed by atoms with van der Waals surface area (Å²) >= 11 is 0. The van der Waals surface area contributed by atoms with Crippen molar-refractivity contribution in [2.45, 2.75) is 46.2 Å². The van der Waals surface area contributed by atoms with Crippen LogP contribution in [0.1, 0.15) is 40.7 Å². The lowest BCUT2D eigenvalue weighted by Gasteiger charge is -2.14. The molecule has 2 aromatic carbocycles. The molecule has 1 amide bonds. The molecule has 0 radical (unpaired) electrons. The van der Waals surface area contributed by atoms with E-state index in [4.69, 9.17) is 0 Å². The van der Waals surface area contributed by atoms with Gasteiger partial charge in [-0.15, -0.1) is 0 Å². The van der Waals surface area contributed by atoms with Crippen molar-refractivity contribution in [2.75, 3.05) is 13.1 Å². The highest BCUT2D eigenvalue weighted by Crippen LogP contribution is 2.14. The fraction of sp³-hybridized carbons (Fsp3) is 0.409. The summed E-state index contributed by atoms with van der Waals surface area (Å²) in [5.74, 6) is 0.0769. The molecule has 1 aliphatic heterocycles. The van der Waals surface area contributed by atoms with Crippen LogP contribution in [0, 0.1) is 13.8 Å². The fourth-order valence-electron chi connectivity index (χ4n) is 3.44. The van der Waals surface area contributed by atoms with Crippen LogP contribution in [0.4, 0.5) is 0 Å². The van der Waals surface area contributed by atoms with Crippen molar-refractivity contribution in [1.29, 1.82) is 0 Å². The van der Waals surface area contributed by atoms with Crippen LogP contribution in [-0.4, -0.2) is 23.9 Å². The van der Waals surface area contributed by atoms with Gasteiger partial charge in [-0.25, -0.2) is 0 Å². The zero-order valence-electron chi connectivity index (χ0n) is 15.3. The number of hydrogen-bond acceptors (Lipinski definition) is 2. The Morgan fingerprint density at radius 3 is 2.36 bits per heavy atom. The number of nitrogens with zero attached hydrogens (tertiary/aromatic N) is 1. The van der Waals surface area contributed by atoms with Crippen LogP contribution < -0.4 is 5.32 Å². The average molecular weight is 336 g/mol. The molecule has 1 saturated heterocycles. The Kier molecular flexibility index (Phi) is 5.87. The SMILES string of the molecule is Cc1ccc(CC(=O)NCc2ccc(CN3CCCC3)cc2)c(C)c1. The molecular formula is C22H28N2O. The van der Waals surface area contributed by atoms with E-state index in [1.165, 1.54) is 42.6 Å². The molecule has 0 unspecified atom stereocenters. The third-order valence-corrected chi connectivity index (χ3v) is 4.97. The molecule has 3 rings (SSSR count). The standard InChI is InChI=1S/C22H28N2O/c1-17-5-10-21(18(2)13-17)14-22(25)23-15-19-6-8-20(9-7-19)16-24-11-3-4-12-24/h5-10,13H,3-4,11-12,14-16H2,1-2H3,(H,23,25). The van der Waals surface area contributed by atoms with E-state index in [0.29, 0.717) is 13.0 Å². The summed E-state index contributed by atoms with van der Waals surface area (Å²) in [5, 5.41) is 3.03. The monoisotopic (exact) mass is 336 g/mol. The smallest absolute Gasteiger partial charge is 0.224 e. The van der Waals surface area contributed by atoms with Crippen LogP contribution >= 0.6 is 0 Å². The second kappa shape index (κ2) is 8.30. The van der Waals surface area contributed by atoms with Gasteiger partial charge in [-0.1, -0.05) is 48.0 Å². The molecule has 3 nitrogen and oxygen atoms in total. The number of hydrogen-bond donors (Lipinski definition) is 1. The Morgan fingerprint density at radius 1 is 1.00 bits per heavy atom. The van der Waals surface area contributed by atoms with E-state index < -0.39 is 0 Å². The van der Waals surface area contributed by atoms with E-state index in [1.807, 2.05) is 0 Å². The largest absolute Gasteiger partial charge is 0.352 e. The highest BCUT2D eigenvalue weighted by atomic mass is 16.1. The van der Waals surface area contributed by atoms with Crippen molar-refractivity contribution in [1.82, 2.24) is 10.2 Å². The molecule has 0 atom stereocenters. The Balaban J connectivity index is 1.48. The first-order valence-electron chi connectivity index (χ1n) is 9.23. The first-order valence-corrected chi connectivity index (χ1v) is 9.23. The lowest BCUT2D eigenvalue weighted by atomic mass is 10.0. The lowest BCUT2D eigenvalue weighted by Crippen LogP contribution is -2.25. The van der Waals surface area contributed by atoms with Gasteiger partial charge in [0.05, 0.1) is 6.42 Å². The van der Waals surface area contributed by atoms with Gasteiger partial charge in [-0.05, 0) is 62.0 Å². The van der Waals surface area contributed by atoms with Gasteiger partial charge >= 0.3 is 0 Å². The molecule has 3 heteroatoms. The molecule has 1 fully saturated rings. The summed E-state index contributed by atoms with van der Waals surface area (Å²) in [5.41, 5.74) is 6.02. The second-order valence-corrected chi connectivity index (χ2v) is 7.18. The van der Waals surface area contributed by atoms with Gasteiger partial charge in [-0.2, -0.15) is 0 Å². The molecule has 2 aromatic rings. The predicted octanol–water partition coefficient (Wildman–Crippen LogP) is 3.76. The fourth-order valence-corrected chi connectivity index (χ4v) is 3.44. The number of amides is 1. The molecule has 1 heterocycles. The maximum absolute atomic E-state index is 12.2. The molecule has 132 valence electrons.